The molecule has 0 atom stereocenters. The molecule has 0 aliphatic carbocycles. The average molecular weight is 654 g/mol. The highest BCUT2D eigenvalue weighted by atomic mass is 79.9. The molecule has 218 valence electrons. The summed E-state index contributed by atoms with van der Waals surface area (Å²) in [7, 11) is 0. The Morgan fingerprint density at radius 1 is 0.907 bits per heavy atom. The molecule has 1 saturated heterocycles. The van der Waals surface area contributed by atoms with Gasteiger partial charge in [0.15, 0.2) is 16.7 Å². The van der Waals surface area contributed by atoms with Crippen LogP contribution in [-0.4, -0.2) is 22.6 Å². The van der Waals surface area contributed by atoms with Crippen molar-refractivity contribution in [3.63, 3.8) is 0 Å². The maximum atomic E-state index is 13.8. The number of carbonyl (C=O) groups is 1. The summed E-state index contributed by atoms with van der Waals surface area (Å²) in [6.45, 7) is 7.74. The van der Waals surface area contributed by atoms with Crippen molar-refractivity contribution in [2.75, 3.05) is 6.61 Å². The average Bonchev–Trinajstić information content (AvgIpc) is 3.31. The van der Waals surface area contributed by atoms with E-state index in [4.69, 9.17) is 14.5 Å². The van der Waals surface area contributed by atoms with E-state index in [9.17, 15) is 4.79 Å². The molecule has 0 unspecified atom stereocenters. The molecule has 5 rings (SSSR count). The lowest BCUT2D eigenvalue weighted by Crippen LogP contribution is -2.28. The maximum absolute atomic E-state index is 13.8. The molecular weight excluding hydrogens is 620 g/mol. The van der Waals surface area contributed by atoms with E-state index in [-0.39, 0.29) is 5.91 Å². The fourth-order valence-electron chi connectivity index (χ4n) is 4.66. The normalized spacial score (nSPS) is 14.8. The molecule has 1 aliphatic rings. The van der Waals surface area contributed by atoms with Gasteiger partial charge < -0.3 is 9.47 Å². The second kappa shape index (κ2) is 14.9. The Bertz CT molecular complexity index is 1620. The minimum atomic E-state index is -0.0699. The van der Waals surface area contributed by atoms with Crippen LogP contribution < -0.4 is 9.47 Å². The van der Waals surface area contributed by atoms with Crippen molar-refractivity contribution in [2.24, 2.45) is 4.99 Å². The van der Waals surface area contributed by atoms with Gasteiger partial charge in [0.05, 0.1) is 24.6 Å². The minimum Gasteiger partial charge on any atom is -0.490 e. The van der Waals surface area contributed by atoms with Crippen molar-refractivity contribution in [1.29, 1.82) is 0 Å². The number of carbonyl (C=O) groups excluding carboxylic acids is 1. The zero-order chi connectivity index (χ0) is 30.0. The highest BCUT2D eigenvalue weighted by Gasteiger charge is 2.33. The van der Waals surface area contributed by atoms with Crippen molar-refractivity contribution in [1.82, 2.24) is 4.90 Å². The number of hydrogen-bond donors (Lipinski definition) is 0. The summed E-state index contributed by atoms with van der Waals surface area (Å²) in [6, 6.07) is 32.1. The van der Waals surface area contributed by atoms with Gasteiger partial charge in [0.25, 0.3) is 5.91 Å². The molecule has 0 radical (unpaired) electrons. The lowest BCUT2D eigenvalue weighted by Gasteiger charge is -2.17. The highest BCUT2D eigenvalue weighted by Crippen LogP contribution is 2.38. The van der Waals surface area contributed by atoms with Crippen molar-refractivity contribution in [3.8, 4) is 11.5 Å². The van der Waals surface area contributed by atoms with Gasteiger partial charge in [-0.1, -0.05) is 94.8 Å². The molecule has 4 aromatic carbocycles. The molecule has 5 nitrogen and oxygen atoms in total. The zero-order valence-corrected chi connectivity index (χ0v) is 26.4. The molecule has 0 N–H and O–H groups in total. The van der Waals surface area contributed by atoms with Gasteiger partial charge >= 0.3 is 0 Å². The van der Waals surface area contributed by atoms with Crippen LogP contribution in [0.1, 0.15) is 34.7 Å². The number of allylic oxidation sites excluding steroid dienone is 1. The van der Waals surface area contributed by atoms with Crippen LogP contribution in [-0.2, 0) is 30.9 Å². The van der Waals surface area contributed by atoms with Crippen molar-refractivity contribution in [3.05, 3.63) is 147 Å². The van der Waals surface area contributed by atoms with Crippen molar-refractivity contribution < 1.29 is 14.3 Å². The summed E-state index contributed by atoms with van der Waals surface area (Å²) in [4.78, 5) is 21.0. The first-order chi connectivity index (χ1) is 21.0. The van der Waals surface area contributed by atoms with Crippen LogP contribution in [0.15, 0.2) is 124 Å². The first-order valence-electron chi connectivity index (χ1n) is 14.2. The monoisotopic (exact) mass is 652 g/mol. The molecule has 1 amide bonds. The Balaban J connectivity index is 1.46. The smallest absolute Gasteiger partial charge is 0.267 e. The highest BCUT2D eigenvalue weighted by molar-refractivity contribution is 9.10. The van der Waals surface area contributed by atoms with Gasteiger partial charge in [0, 0.05) is 10.0 Å². The Kier molecular flexibility index (Phi) is 10.5. The summed E-state index contributed by atoms with van der Waals surface area (Å²) < 4.78 is 13.4. The standard InChI is InChI=1S/C36H33BrN2O3S/c1-3-11-30-20-29(21-32(41-4-2)34(30)42-25-28-16-18-31(37)19-17-28)22-33-35(40)39(24-27-14-9-6-10-15-27)36(43-33)38-23-26-12-7-5-8-13-26/h3,5-10,12-22H,1,4,11,23-25H2,2H3/b33-22+,38-36?. The van der Waals surface area contributed by atoms with Gasteiger partial charge in [0.1, 0.15) is 6.61 Å². The van der Waals surface area contributed by atoms with Gasteiger partial charge in [-0.25, -0.2) is 0 Å². The number of amidine groups is 1. The van der Waals surface area contributed by atoms with Gasteiger partial charge in [-0.3, -0.25) is 14.7 Å². The molecule has 4 aromatic rings. The molecule has 0 aromatic heterocycles. The second-order valence-electron chi connectivity index (χ2n) is 9.92. The third-order valence-corrected chi connectivity index (χ3v) is 8.30. The molecule has 0 bridgehead atoms. The van der Waals surface area contributed by atoms with Crippen LogP contribution in [0.3, 0.4) is 0 Å². The van der Waals surface area contributed by atoms with Crippen LogP contribution in [0.25, 0.3) is 6.08 Å². The Hall–Kier alpha value is -4.07. The van der Waals surface area contributed by atoms with Crippen molar-refractivity contribution >= 4 is 44.8 Å². The Morgan fingerprint density at radius 2 is 1.60 bits per heavy atom. The van der Waals surface area contributed by atoms with E-state index in [0.717, 1.165) is 32.3 Å². The van der Waals surface area contributed by atoms with Crippen LogP contribution >= 0.6 is 27.7 Å². The predicted molar refractivity (Wildman–Crippen MR) is 180 cm³/mol. The number of benzene rings is 4. The predicted octanol–water partition coefficient (Wildman–Crippen LogP) is 8.83. The number of ether oxygens (including phenoxy) is 2. The summed E-state index contributed by atoms with van der Waals surface area (Å²) in [5.41, 5.74) is 4.99. The fourth-order valence-corrected chi connectivity index (χ4v) is 5.90. The van der Waals surface area contributed by atoms with Gasteiger partial charge in [-0.2, -0.15) is 0 Å². The van der Waals surface area contributed by atoms with E-state index in [2.05, 4.69) is 22.5 Å². The SMILES string of the molecule is C=CCc1cc(/C=C2/SC(=NCc3ccccc3)N(Cc3ccccc3)C2=O)cc(OCC)c1OCc1ccc(Br)cc1. The fraction of sp³-hybridized carbons (Fsp3) is 0.167. The number of hydrogen-bond acceptors (Lipinski definition) is 5. The molecule has 1 aliphatic heterocycles. The second-order valence-corrected chi connectivity index (χ2v) is 11.8. The number of amides is 1. The topological polar surface area (TPSA) is 51.1 Å². The van der Waals surface area contributed by atoms with Gasteiger partial charge in [0.2, 0.25) is 0 Å². The molecular formula is C36H33BrN2O3S. The van der Waals surface area contributed by atoms with E-state index in [1.165, 1.54) is 11.8 Å². The lowest BCUT2D eigenvalue weighted by molar-refractivity contribution is -0.122. The Labute approximate surface area is 266 Å². The van der Waals surface area contributed by atoms with E-state index in [1.54, 1.807) is 4.90 Å². The molecule has 1 heterocycles. The first-order valence-corrected chi connectivity index (χ1v) is 15.8. The lowest BCUT2D eigenvalue weighted by atomic mass is 10.0. The van der Waals surface area contributed by atoms with Gasteiger partial charge in [-0.15, -0.1) is 6.58 Å². The summed E-state index contributed by atoms with van der Waals surface area (Å²) in [6.07, 6.45) is 4.36. The van der Waals surface area contributed by atoms with Crippen LogP contribution in [0, 0.1) is 0 Å². The number of nitrogens with zero attached hydrogens (tertiary/aromatic N) is 2. The third kappa shape index (κ3) is 8.06. The number of halogens is 1. The molecule has 0 spiro atoms. The van der Waals surface area contributed by atoms with Crippen molar-refractivity contribution in [2.45, 2.75) is 33.0 Å². The minimum absolute atomic E-state index is 0.0699. The molecule has 1 fully saturated rings. The maximum Gasteiger partial charge on any atom is 0.267 e. The van der Waals surface area contributed by atoms with E-state index >= 15 is 0 Å². The number of thioether (sulfide) groups is 1. The van der Waals surface area contributed by atoms with E-state index < -0.39 is 0 Å². The van der Waals surface area contributed by atoms with Crippen LogP contribution in [0.2, 0.25) is 0 Å². The Morgan fingerprint density at radius 3 is 2.28 bits per heavy atom. The first kappa shape index (κ1) is 30.4. The number of aliphatic imine (C=N–C) groups is 1. The van der Waals surface area contributed by atoms with Crippen LogP contribution in [0.4, 0.5) is 0 Å². The molecule has 0 saturated carbocycles. The van der Waals surface area contributed by atoms with E-state index in [1.807, 2.05) is 116 Å². The summed E-state index contributed by atoms with van der Waals surface area (Å²) >= 11 is 4.89. The summed E-state index contributed by atoms with van der Waals surface area (Å²) in [5.74, 6) is 1.26. The quantitative estimate of drug-likeness (QED) is 0.113. The third-order valence-electron chi connectivity index (χ3n) is 6.72. The molecule has 43 heavy (non-hydrogen) atoms. The number of rotatable bonds is 12. The summed E-state index contributed by atoms with van der Waals surface area (Å²) in [5, 5.41) is 0.690. The van der Waals surface area contributed by atoms with E-state index in [0.29, 0.717) is 54.3 Å². The molecule has 7 heteroatoms. The largest absolute Gasteiger partial charge is 0.490 e. The van der Waals surface area contributed by atoms with Crippen LogP contribution in [0.5, 0.6) is 11.5 Å². The zero-order valence-electron chi connectivity index (χ0n) is 24.0. The van der Waals surface area contributed by atoms with Gasteiger partial charge in [-0.05, 0) is 77.7 Å².